The van der Waals surface area contributed by atoms with Gasteiger partial charge in [-0.3, -0.25) is 4.79 Å². The standard InChI is InChI=1S/C22H25N3O4S/c1-14-15(2)24-29-21(14)25-30(27,28)19-12-10-18(11-13-19)23-20(26)16-6-8-17(9-7-16)22(3,4)5/h6-13H,1-5H3,(H2,23,24,25,26)/p-1. The zero-order chi connectivity index (χ0) is 22.1. The Morgan fingerprint density at radius 1 is 1.00 bits per heavy atom. The summed E-state index contributed by atoms with van der Waals surface area (Å²) in [6.45, 7) is 9.71. The third kappa shape index (κ3) is 4.71. The molecular weight excluding hydrogens is 402 g/mol. The number of hydrogen-bond donors (Lipinski definition) is 1. The summed E-state index contributed by atoms with van der Waals surface area (Å²) in [5.41, 5.74) is 3.29. The molecule has 158 valence electrons. The van der Waals surface area contributed by atoms with Crippen molar-refractivity contribution in [2.75, 3.05) is 5.32 Å². The van der Waals surface area contributed by atoms with Gasteiger partial charge < -0.3 is 14.6 Å². The van der Waals surface area contributed by atoms with Gasteiger partial charge >= 0.3 is 0 Å². The first kappa shape index (κ1) is 21.6. The lowest BCUT2D eigenvalue weighted by atomic mass is 9.87. The summed E-state index contributed by atoms with van der Waals surface area (Å²) in [5, 5.41) is 6.47. The molecule has 0 radical (unpaired) electrons. The van der Waals surface area contributed by atoms with E-state index in [1.165, 1.54) is 24.3 Å². The molecular formula is C22H24N3O4S-. The molecule has 0 saturated carbocycles. The summed E-state index contributed by atoms with van der Waals surface area (Å²) in [7, 11) is -3.96. The average molecular weight is 427 g/mol. The minimum atomic E-state index is -3.96. The number of carbonyl (C=O) groups excluding carboxylic acids is 1. The Morgan fingerprint density at radius 3 is 2.10 bits per heavy atom. The van der Waals surface area contributed by atoms with Crippen LogP contribution in [0.4, 0.5) is 11.6 Å². The molecule has 8 heteroatoms. The molecule has 3 rings (SSSR count). The number of rotatable bonds is 5. The van der Waals surface area contributed by atoms with Gasteiger partial charge in [-0.2, -0.15) is 0 Å². The molecule has 0 aliphatic carbocycles. The SMILES string of the molecule is Cc1noc([N-]S(=O)(=O)c2ccc(NC(=O)c3ccc(C(C)(C)C)cc3)cc2)c1C. The average Bonchev–Trinajstić information content (AvgIpc) is 2.99. The van der Waals surface area contributed by atoms with Crippen molar-refractivity contribution in [3.8, 4) is 0 Å². The molecule has 30 heavy (non-hydrogen) atoms. The van der Waals surface area contributed by atoms with Crippen molar-refractivity contribution in [1.29, 1.82) is 0 Å². The molecule has 0 unspecified atom stereocenters. The van der Waals surface area contributed by atoms with Crippen LogP contribution in [-0.4, -0.2) is 19.5 Å². The number of aromatic nitrogens is 1. The molecule has 0 atom stereocenters. The van der Waals surface area contributed by atoms with Crippen molar-refractivity contribution in [2.24, 2.45) is 0 Å². The topological polar surface area (TPSA) is 103 Å². The monoisotopic (exact) mass is 426 g/mol. The van der Waals surface area contributed by atoms with Crippen LogP contribution in [0.15, 0.2) is 57.9 Å². The number of amides is 1. The zero-order valence-corrected chi connectivity index (χ0v) is 18.4. The van der Waals surface area contributed by atoms with Crippen LogP contribution in [0.2, 0.25) is 0 Å². The van der Waals surface area contributed by atoms with E-state index in [-0.39, 0.29) is 22.1 Å². The quantitative estimate of drug-likeness (QED) is 0.601. The Bertz CT molecular complexity index is 1160. The first-order valence-corrected chi connectivity index (χ1v) is 10.8. The maximum absolute atomic E-state index is 12.5. The molecule has 0 spiro atoms. The Labute approximate surface area is 176 Å². The number of sulfonamides is 1. The van der Waals surface area contributed by atoms with E-state index in [1.807, 2.05) is 12.1 Å². The van der Waals surface area contributed by atoms with E-state index in [1.54, 1.807) is 26.0 Å². The highest BCUT2D eigenvalue weighted by Gasteiger charge is 2.15. The van der Waals surface area contributed by atoms with Gasteiger partial charge in [-0.05, 0) is 66.8 Å². The zero-order valence-electron chi connectivity index (χ0n) is 17.6. The van der Waals surface area contributed by atoms with E-state index in [0.29, 0.717) is 22.5 Å². The van der Waals surface area contributed by atoms with Crippen LogP contribution in [0.5, 0.6) is 0 Å². The summed E-state index contributed by atoms with van der Waals surface area (Å²) in [5.74, 6) is -0.313. The van der Waals surface area contributed by atoms with E-state index in [4.69, 9.17) is 4.52 Å². The van der Waals surface area contributed by atoms with E-state index in [0.717, 1.165) is 5.56 Å². The van der Waals surface area contributed by atoms with E-state index < -0.39 is 10.0 Å². The fourth-order valence-electron chi connectivity index (χ4n) is 2.69. The van der Waals surface area contributed by atoms with Crippen molar-refractivity contribution in [3.63, 3.8) is 0 Å². The Hall–Kier alpha value is -3.13. The van der Waals surface area contributed by atoms with Crippen LogP contribution in [-0.2, 0) is 15.4 Å². The van der Waals surface area contributed by atoms with Crippen molar-refractivity contribution >= 4 is 27.5 Å². The smallest absolute Gasteiger partial charge is 0.255 e. The van der Waals surface area contributed by atoms with E-state index in [2.05, 4.69) is 36.0 Å². The highest BCUT2D eigenvalue weighted by molar-refractivity contribution is 7.94. The molecule has 0 fully saturated rings. The van der Waals surface area contributed by atoms with Crippen molar-refractivity contribution < 1.29 is 17.7 Å². The number of carbonyl (C=O) groups is 1. The summed E-state index contributed by atoms with van der Waals surface area (Å²) in [6, 6.07) is 13.2. The van der Waals surface area contributed by atoms with Gasteiger partial charge in [0.2, 0.25) is 0 Å². The number of aryl methyl sites for hydroxylation is 1. The number of nitrogens with one attached hydrogen (secondary N) is 1. The maximum Gasteiger partial charge on any atom is 0.255 e. The second-order valence-corrected chi connectivity index (χ2v) is 9.67. The molecule has 1 N–H and O–H groups in total. The molecule has 3 aromatic rings. The predicted octanol–water partition coefficient (Wildman–Crippen LogP) is 5.24. The van der Waals surface area contributed by atoms with Gasteiger partial charge in [-0.25, -0.2) is 8.42 Å². The van der Waals surface area contributed by atoms with Gasteiger partial charge in [0.1, 0.15) is 10.0 Å². The van der Waals surface area contributed by atoms with Crippen molar-refractivity contribution in [3.05, 3.63) is 75.6 Å². The lowest BCUT2D eigenvalue weighted by molar-refractivity contribution is 0.102. The molecule has 0 aliphatic rings. The van der Waals surface area contributed by atoms with Gasteiger partial charge in [-0.15, -0.1) is 0 Å². The van der Waals surface area contributed by atoms with Crippen LogP contribution in [0.25, 0.3) is 4.72 Å². The fraction of sp³-hybridized carbons (Fsp3) is 0.273. The third-order valence-electron chi connectivity index (χ3n) is 4.76. The molecule has 1 aromatic heterocycles. The Kier molecular flexibility index (Phi) is 5.72. The summed E-state index contributed by atoms with van der Waals surface area (Å²) in [4.78, 5) is 12.5. The van der Waals surface area contributed by atoms with Crippen LogP contribution in [0.3, 0.4) is 0 Å². The van der Waals surface area contributed by atoms with Crippen molar-refractivity contribution in [1.82, 2.24) is 5.16 Å². The highest BCUT2D eigenvalue weighted by Crippen LogP contribution is 2.32. The largest absolute Gasteiger partial charge is 0.539 e. The van der Waals surface area contributed by atoms with Gasteiger partial charge in [0.25, 0.3) is 5.91 Å². The minimum absolute atomic E-state index is 0.00429. The van der Waals surface area contributed by atoms with Crippen LogP contribution < -0.4 is 5.32 Å². The van der Waals surface area contributed by atoms with E-state index >= 15 is 0 Å². The summed E-state index contributed by atoms with van der Waals surface area (Å²) < 4.78 is 33.6. The van der Waals surface area contributed by atoms with Crippen LogP contribution >= 0.6 is 0 Å². The van der Waals surface area contributed by atoms with Gasteiger partial charge in [0.15, 0.2) is 0 Å². The second kappa shape index (κ2) is 7.95. The normalized spacial score (nSPS) is 11.9. The fourth-order valence-corrected chi connectivity index (χ4v) is 3.66. The number of benzene rings is 2. The molecule has 0 bridgehead atoms. The lowest BCUT2D eigenvalue weighted by Crippen LogP contribution is -2.14. The van der Waals surface area contributed by atoms with Gasteiger partial charge in [0, 0.05) is 11.3 Å². The van der Waals surface area contributed by atoms with E-state index in [9.17, 15) is 13.2 Å². The van der Waals surface area contributed by atoms with Crippen LogP contribution in [0.1, 0.15) is 48.0 Å². The molecule has 1 heterocycles. The highest BCUT2D eigenvalue weighted by atomic mass is 32.2. The predicted molar refractivity (Wildman–Crippen MR) is 116 cm³/mol. The van der Waals surface area contributed by atoms with Gasteiger partial charge in [-0.1, -0.05) is 38.1 Å². The first-order valence-electron chi connectivity index (χ1n) is 9.40. The molecule has 2 aromatic carbocycles. The molecule has 7 nitrogen and oxygen atoms in total. The maximum atomic E-state index is 12.5. The lowest BCUT2D eigenvalue weighted by Gasteiger charge is -2.19. The molecule has 0 saturated heterocycles. The summed E-state index contributed by atoms with van der Waals surface area (Å²) >= 11 is 0. The summed E-state index contributed by atoms with van der Waals surface area (Å²) in [6.07, 6.45) is 0. The Balaban J connectivity index is 1.71. The first-order chi connectivity index (χ1) is 14.0. The van der Waals surface area contributed by atoms with Crippen LogP contribution in [0, 0.1) is 13.8 Å². The molecule has 0 aliphatic heterocycles. The second-order valence-electron chi connectivity index (χ2n) is 8.07. The number of nitrogens with zero attached hydrogens (tertiary/aromatic N) is 2. The molecule has 1 amide bonds. The minimum Gasteiger partial charge on any atom is -0.539 e. The number of anilines is 1. The van der Waals surface area contributed by atoms with Gasteiger partial charge in [0.05, 0.1) is 16.5 Å². The van der Waals surface area contributed by atoms with Crippen molar-refractivity contribution in [2.45, 2.75) is 44.9 Å². The third-order valence-corrected chi connectivity index (χ3v) is 6.03. The Morgan fingerprint density at radius 2 is 1.60 bits per heavy atom. The number of hydrogen-bond acceptors (Lipinski definition) is 5.